The zero-order valence-electron chi connectivity index (χ0n) is 15.5. The van der Waals surface area contributed by atoms with E-state index in [4.69, 9.17) is 11.6 Å². The van der Waals surface area contributed by atoms with Crippen LogP contribution in [0.4, 0.5) is 10.1 Å². The van der Waals surface area contributed by atoms with Crippen LogP contribution in [0.15, 0.2) is 53.4 Å². The molecule has 4 rings (SSSR count). The van der Waals surface area contributed by atoms with E-state index in [1.165, 1.54) is 34.6 Å². The molecule has 156 valence electrons. The molecule has 2 heterocycles. The maximum Gasteiger partial charge on any atom is 0.286 e. The van der Waals surface area contributed by atoms with Crippen molar-refractivity contribution in [1.82, 2.24) is 14.5 Å². The van der Waals surface area contributed by atoms with Crippen LogP contribution in [0.2, 0.25) is 5.02 Å². The van der Waals surface area contributed by atoms with Gasteiger partial charge in [0, 0.05) is 6.54 Å². The summed E-state index contributed by atoms with van der Waals surface area (Å²) in [6.45, 7) is 0.314. The molecular weight excluding hydrogens is 451 g/mol. The third-order valence-electron chi connectivity index (χ3n) is 4.67. The van der Waals surface area contributed by atoms with Crippen LogP contribution in [-0.2, 0) is 10.0 Å². The van der Waals surface area contributed by atoms with Gasteiger partial charge in [0.25, 0.3) is 5.91 Å². The Balaban J connectivity index is 1.57. The molecule has 1 N–H and O–H groups in total. The summed E-state index contributed by atoms with van der Waals surface area (Å²) in [6.07, 6.45) is 1.19. The second kappa shape index (κ2) is 8.38. The number of halogens is 2. The number of nitrogens with zero attached hydrogens (tertiary/aromatic N) is 3. The van der Waals surface area contributed by atoms with Crippen molar-refractivity contribution >= 4 is 44.6 Å². The highest BCUT2D eigenvalue weighted by atomic mass is 35.5. The number of anilines is 1. The predicted molar refractivity (Wildman–Crippen MR) is 112 cm³/mol. The zero-order valence-corrected chi connectivity index (χ0v) is 17.8. The third-order valence-corrected chi connectivity index (χ3v) is 8.10. The molecule has 1 saturated heterocycles. The molecule has 0 aliphatic carbocycles. The number of carbonyl (C=O) groups is 1. The average Bonchev–Trinajstić information content (AvgIpc) is 3.39. The van der Waals surface area contributed by atoms with Crippen LogP contribution in [0.5, 0.6) is 0 Å². The van der Waals surface area contributed by atoms with Gasteiger partial charge in [-0.25, -0.2) is 12.8 Å². The lowest BCUT2D eigenvalue weighted by Gasteiger charge is -2.22. The van der Waals surface area contributed by atoms with Crippen LogP contribution in [-0.4, -0.2) is 35.4 Å². The fourth-order valence-electron chi connectivity index (χ4n) is 3.25. The molecule has 2 aromatic carbocycles. The van der Waals surface area contributed by atoms with Gasteiger partial charge in [0.15, 0.2) is 0 Å². The van der Waals surface area contributed by atoms with Crippen LogP contribution in [0.3, 0.4) is 0 Å². The van der Waals surface area contributed by atoms with E-state index in [0.29, 0.717) is 24.4 Å². The van der Waals surface area contributed by atoms with Gasteiger partial charge in [-0.15, -0.1) is 10.2 Å². The van der Waals surface area contributed by atoms with E-state index in [1.54, 1.807) is 18.2 Å². The van der Waals surface area contributed by atoms with Crippen molar-refractivity contribution in [2.45, 2.75) is 23.8 Å². The number of benzene rings is 2. The normalized spacial score (nSPS) is 17.2. The number of nitrogens with one attached hydrogen (secondary N) is 1. The second-order valence-corrected chi connectivity index (χ2v) is 9.86. The summed E-state index contributed by atoms with van der Waals surface area (Å²) in [7, 11) is -3.84. The lowest BCUT2D eigenvalue weighted by Crippen LogP contribution is -2.30. The van der Waals surface area contributed by atoms with Gasteiger partial charge >= 0.3 is 0 Å². The monoisotopic (exact) mass is 466 g/mol. The predicted octanol–water partition coefficient (Wildman–Crippen LogP) is 4.11. The van der Waals surface area contributed by atoms with Gasteiger partial charge in [-0.05, 0) is 37.1 Å². The van der Waals surface area contributed by atoms with Gasteiger partial charge in [0.2, 0.25) is 15.0 Å². The number of hydrogen-bond acceptors (Lipinski definition) is 6. The van der Waals surface area contributed by atoms with Gasteiger partial charge in [-0.1, -0.05) is 47.2 Å². The highest BCUT2D eigenvalue weighted by Crippen LogP contribution is 2.39. The SMILES string of the molecule is O=C(Nc1ccccc1F)c1nnc([C@@H]2CCCN2S(=O)(=O)c2ccccc2Cl)s1. The first kappa shape index (κ1) is 20.9. The van der Waals surface area contributed by atoms with E-state index in [1.807, 2.05) is 0 Å². The molecule has 30 heavy (non-hydrogen) atoms. The minimum atomic E-state index is -3.84. The van der Waals surface area contributed by atoms with Crippen LogP contribution in [0.1, 0.15) is 33.7 Å². The smallest absolute Gasteiger partial charge is 0.286 e. The minimum Gasteiger partial charge on any atom is -0.317 e. The van der Waals surface area contributed by atoms with E-state index in [0.717, 1.165) is 11.3 Å². The summed E-state index contributed by atoms with van der Waals surface area (Å²) in [6, 6.07) is 11.5. The maximum atomic E-state index is 13.8. The Morgan fingerprint density at radius 1 is 1.17 bits per heavy atom. The van der Waals surface area contributed by atoms with Crippen LogP contribution >= 0.6 is 22.9 Å². The third kappa shape index (κ3) is 3.95. The summed E-state index contributed by atoms with van der Waals surface area (Å²) in [4.78, 5) is 12.4. The molecule has 0 radical (unpaired) electrons. The number of aromatic nitrogens is 2. The number of para-hydroxylation sites is 1. The molecule has 11 heteroatoms. The van der Waals surface area contributed by atoms with Crippen molar-refractivity contribution in [3.63, 3.8) is 0 Å². The minimum absolute atomic E-state index is 0.0234. The Labute approximate surface area is 181 Å². The molecule has 1 aliphatic heterocycles. The second-order valence-electron chi connectivity index (χ2n) is 6.58. The van der Waals surface area contributed by atoms with Crippen molar-refractivity contribution < 1.29 is 17.6 Å². The summed E-state index contributed by atoms with van der Waals surface area (Å²) in [5.41, 5.74) is 0.0306. The Hall–Kier alpha value is -2.40. The molecular formula is C19H16ClFN4O3S2. The molecule has 0 bridgehead atoms. The molecule has 0 spiro atoms. The molecule has 7 nitrogen and oxygen atoms in total. The van der Waals surface area contributed by atoms with Crippen LogP contribution in [0.25, 0.3) is 0 Å². The number of sulfonamides is 1. The van der Waals surface area contributed by atoms with E-state index in [-0.39, 0.29) is 20.6 Å². The van der Waals surface area contributed by atoms with Gasteiger partial charge in [0.05, 0.1) is 16.8 Å². The number of carbonyl (C=O) groups excluding carboxylic acids is 1. The average molecular weight is 467 g/mol. The Kier molecular flexibility index (Phi) is 5.83. The number of amides is 1. The van der Waals surface area contributed by atoms with Gasteiger partial charge in [-0.3, -0.25) is 4.79 Å². The Morgan fingerprint density at radius 2 is 1.90 bits per heavy atom. The molecule has 1 atom stereocenters. The van der Waals surface area contributed by atoms with Crippen molar-refractivity contribution in [3.05, 3.63) is 69.4 Å². The molecule has 1 aliphatic rings. The van der Waals surface area contributed by atoms with Crippen LogP contribution < -0.4 is 5.32 Å². The quantitative estimate of drug-likeness (QED) is 0.611. The van der Waals surface area contributed by atoms with Crippen LogP contribution in [0, 0.1) is 5.82 Å². The Morgan fingerprint density at radius 3 is 2.67 bits per heavy atom. The number of rotatable bonds is 5. The largest absolute Gasteiger partial charge is 0.317 e. The summed E-state index contributed by atoms with van der Waals surface area (Å²) >= 11 is 7.09. The lowest BCUT2D eigenvalue weighted by atomic mass is 10.2. The van der Waals surface area contributed by atoms with Crippen molar-refractivity contribution in [3.8, 4) is 0 Å². The fraction of sp³-hybridized carbons (Fsp3) is 0.211. The standard InChI is InChI=1S/C19H16ClFN4O3S2/c20-12-6-1-4-10-16(12)30(27,28)25-11-5-9-15(25)18-23-24-19(29-18)17(26)22-14-8-3-2-7-13(14)21/h1-4,6-8,10,15H,5,9,11H2,(H,22,26)/t15-/m0/s1. The van der Waals surface area contributed by atoms with E-state index in [9.17, 15) is 17.6 Å². The van der Waals surface area contributed by atoms with Gasteiger partial charge < -0.3 is 5.32 Å². The topological polar surface area (TPSA) is 92.3 Å². The first-order valence-electron chi connectivity index (χ1n) is 9.03. The summed E-state index contributed by atoms with van der Waals surface area (Å²) in [5, 5.41) is 10.9. The molecule has 1 fully saturated rings. The molecule has 0 unspecified atom stereocenters. The Bertz CT molecular complexity index is 1200. The van der Waals surface area contributed by atoms with E-state index < -0.39 is 27.8 Å². The van der Waals surface area contributed by atoms with Gasteiger partial charge in [-0.2, -0.15) is 4.31 Å². The zero-order chi connectivity index (χ0) is 21.3. The number of hydrogen-bond donors (Lipinski definition) is 1. The molecule has 1 aromatic heterocycles. The van der Waals surface area contributed by atoms with Crippen molar-refractivity contribution in [2.75, 3.05) is 11.9 Å². The van der Waals surface area contributed by atoms with E-state index in [2.05, 4.69) is 15.5 Å². The lowest BCUT2D eigenvalue weighted by molar-refractivity contribution is 0.102. The first-order valence-corrected chi connectivity index (χ1v) is 11.7. The fourth-order valence-corrected chi connectivity index (χ4v) is 6.36. The molecule has 1 amide bonds. The van der Waals surface area contributed by atoms with Crippen molar-refractivity contribution in [2.24, 2.45) is 0 Å². The van der Waals surface area contributed by atoms with E-state index >= 15 is 0 Å². The molecule has 3 aromatic rings. The van der Waals surface area contributed by atoms with Crippen molar-refractivity contribution in [1.29, 1.82) is 0 Å². The summed E-state index contributed by atoms with van der Waals surface area (Å²) in [5.74, 6) is -1.18. The molecule has 0 saturated carbocycles. The van der Waals surface area contributed by atoms with Gasteiger partial charge in [0.1, 0.15) is 15.7 Å². The summed E-state index contributed by atoms with van der Waals surface area (Å²) < 4.78 is 41.4. The maximum absolute atomic E-state index is 13.8. The highest BCUT2D eigenvalue weighted by Gasteiger charge is 2.39. The first-order chi connectivity index (χ1) is 14.4. The highest BCUT2D eigenvalue weighted by molar-refractivity contribution is 7.89.